The maximum Gasteiger partial charge on any atom is 0.405 e. The zero-order chi connectivity index (χ0) is 13.4. The van der Waals surface area contributed by atoms with Crippen molar-refractivity contribution in [3.8, 4) is 0 Å². The third kappa shape index (κ3) is 7.50. The van der Waals surface area contributed by atoms with Gasteiger partial charge in [0.1, 0.15) is 6.54 Å². The molecule has 1 heterocycles. The fourth-order valence-corrected chi connectivity index (χ4v) is 1.76. The van der Waals surface area contributed by atoms with Crippen molar-refractivity contribution in [3.63, 3.8) is 0 Å². The highest BCUT2D eigenvalue weighted by molar-refractivity contribution is 5.77. The largest absolute Gasteiger partial charge is 0.405 e. The molecule has 0 spiro atoms. The molecule has 18 heavy (non-hydrogen) atoms. The van der Waals surface area contributed by atoms with Gasteiger partial charge in [-0.05, 0) is 32.2 Å². The minimum Gasteiger partial charge on any atom is -0.378 e. The normalized spacial score (nSPS) is 20.7. The van der Waals surface area contributed by atoms with E-state index >= 15 is 0 Å². The Kier molecular flexibility index (Phi) is 6.42. The number of halogens is 3. The molecule has 1 saturated heterocycles. The highest BCUT2D eigenvalue weighted by Gasteiger charge is 2.27. The van der Waals surface area contributed by atoms with E-state index in [1.54, 1.807) is 5.32 Å². The van der Waals surface area contributed by atoms with Crippen molar-refractivity contribution < 1.29 is 22.7 Å². The van der Waals surface area contributed by atoms with Crippen LogP contribution >= 0.6 is 0 Å². The number of carbonyl (C=O) groups excluding carboxylic acids is 1. The van der Waals surface area contributed by atoms with Crippen LogP contribution in [0.3, 0.4) is 0 Å². The highest BCUT2D eigenvalue weighted by Crippen LogP contribution is 2.14. The number of nitrogens with one attached hydrogen (secondary N) is 2. The van der Waals surface area contributed by atoms with Crippen LogP contribution in [0.25, 0.3) is 0 Å². The van der Waals surface area contributed by atoms with E-state index < -0.39 is 18.6 Å². The van der Waals surface area contributed by atoms with Crippen molar-refractivity contribution in [1.29, 1.82) is 0 Å². The molecule has 1 aliphatic rings. The van der Waals surface area contributed by atoms with Gasteiger partial charge in [0.05, 0.1) is 12.6 Å². The lowest BCUT2D eigenvalue weighted by Crippen LogP contribution is -2.39. The monoisotopic (exact) mass is 268 g/mol. The van der Waals surface area contributed by atoms with Crippen molar-refractivity contribution in [2.24, 2.45) is 0 Å². The van der Waals surface area contributed by atoms with Crippen LogP contribution in [0.4, 0.5) is 13.2 Å². The summed E-state index contributed by atoms with van der Waals surface area (Å²) in [5.74, 6) is -0.642. The molecule has 1 unspecified atom stereocenters. The molecule has 0 radical (unpaired) electrons. The molecule has 4 nitrogen and oxygen atoms in total. The van der Waals surface area contributed by atoms with Gasteiger partial charge in [-0.25, -0.2) is 0 Å². The van der Waals surface area contributed by atoms with Gasteiger partial charge in [-0.1, -0.05) is 0 Å². The Hall–Kier alpha value is -0.820. The summed E-state index contributed by atoms with van der Waals surface area (Å²) in [5.41, 5.74) is 0. The lowest BCUT2D eigenvalue weighted by Gasteiger charge is -2.22. The molecule has 0 saturated carbocycles. The molecule has 7 heteroatoms. The molecule has 0 bridgehead atoms. The second kappa shape index (κ2) is 7.58. The maximum absolute atomic E-state index is 11.8. The Bertz CT molecular complexity index is 253. The van der Waals surface area contributed by atoms with Crippen LogP contribution in [-0.2, 0) is 9.53 Å². The number of rotatable bonds is 6. The van der Waals surface area contributed by atoms with Gasteiger partial charge in [0.25, 0.3) is 0 Å². The van der Waals surface area contributed by atoms with E-state index in [0.717, 1.165) is 32.3 Å². The summed E-state index contributed by atoms with van der Waals surface area (Å²) < 4.78 is 40.9. The lowest BCUT2D eigenvalue weighted by molar-refractivity contribution is -0.137. The van der Waals surface area contributed by atoms with E-state index in [1.807, 2.05) is 0 Å². The van der Waals surface area contributed by atoms with Gasteiger partial charge in [-0.15, -0.1) is 0 Å². The topological polar surface area (TPSA) is 50.4 Å². The molecule has 1 amide bonds. The Morgan fingerprint density at radius 1 is 1.33 bits per heavy atom. The molecule has 0 aromatic carbocycles. The molecule has 106 valence electrons. The molecular weight excluding hydrogens is 249 g/mol. The summed E-state index contributed by atoms with van der Waals surface area (Å²) in [6.07, 6.45) is -0.106. The zero-order valence-corrected chi connectivity index (χ0v) is 10.2. The van der Waals surface area contributed by atoms with Crippen LogP contribution in [0.1, 0.15) is 25.7 Å². The van der Waals surface area contributed by atoms with Crippen molar-refractivity contribution in [2.75, 3.05) is 26.2 Å². The number of amides is 1. The standard InChI is InChI=1S/C11H19F3N2O2/c12-11(13,14)8-16-10(17)7-15-5-4-9-3-1-2-6-18-9/h9,15H,1-8H2,(H,16,17). The summed E-state index contributed by atoms with van der Waals surface area (Å²) in [5, 5.41) is 4.61. The molecule has 1 fully saturated rings. The van der Waals surface area contributed by atoms with Crippen molar-refractivity contribution in [3.05, 3.63) is 0 Å². The second-order valence-electron chi connectivity index (χ2n) is 4.35. The molecule has 2 N–H and O–H groups in total. The fourth-order valence-electron chi connectivity index (χ4n) is 1.76. The van der Waals surface area contributed by atoms with Gasteiger partial charge in [-0.2, -0.15) is 13.2 Å². The average molecular weight is 268 g/mol. The minimum absolute atomic E-state index is 0.0944. The van der Waals surface area contributed by atoms with Crippen molar-refractivity contribution >= 4 is 5.91 Å². The Morgan fingerprint density at radius 3 is 2.72 bits per heavy atom. The average Bonchev–Trinajstić information content (AvgIpc) is 2.33. The number of alkyl halides is 3. The van der Waals surface area contributed by atoms with Crippen LogP contribution in [0.15, 0.2) is 0 Å². The van der Waals surface area contributed by atoms with Crippen LogP contribution in [0.5, 0.6) is 0 Å². The summed E-state index contributed by atoms with van der Waals surface area (Å²) in [7, 11) is 0. The number of carbonyl (C=O) groups is 1. The Balaban J connectivity index is 1.98. The summed E-state index contributed by atoms with van der Waals surface area (Å²) in [4.78, 5) is 11.0. The van der Waals surface area contributed by atoms with Crippen LogP contribution < -0.4 is 10.6 Å². The minimum atomic E-state index is -4.36. The van der Waals surface area contributed by atoms with Gasteiger partial charge in [0.15, 0.2) is 0 Å². The number of ether oxygens (including phenoxy) is 1. The van der Waals surface area contributed by atoms with Gasteiger partial charge in [0.2, 0.25) is 5.91 Å². The number of hydrogen-bond donors (Lipinski definition) is 2. The lowest BCUT2D eigenvalue weighted by atomic mass is 10.1. The summed E-state index contributed by atoms with van der Waals surface area (Å²) >= 11 is 0. The summed E-state index contributed by atoms with van der Waals surface area (Å²) in [6, 6.07) is 0. The zero-order valence-electron chi connectivity index (χ0n) is 10.2. The predicted molar refractivity (Wildman–Crippen MR) is 60.1 cm³/mol. The van der Waals surface area contributed by atoms with E-state index in [9.17, 15) is 18.0 Å². The first-order chi connectivity index (χ1) is 8.47. The van der Waals surface area contributed by atoms with E-state index in [1.165, 1.54) is 0 Å². The van der Waals surface area contributed by atoms with E-state index in [-0.39, 0.29) is 12.6 Å². The highest BCUT2D eigenvalue weighted by atomic mass is 19.4. The van der Waals surface area contributed by atoms with Crippen molar-refractivity contribution in [2.45, 2.75) is 38.0 Å². The van der Waals surface area contributed by atoms with Gasteiger partial charge in [-0.3, -0.25) is 4.79 Å². The SMILES string of the molecule is O=C(CNCCC1CCCCO1)NCC(F)(F)F. The van der Waals surface area contributed by atoms with Crippen LogP contribution in [-0.4, -0.2) is 44.4 Å². The smallest absolute Gasteiger partial charge is 0.378 e. The van der Waals surface area contributed by atoms with E-state index in [0.29, 0.717) is 6.54 Å². The second-order valence-corrected chi connectivity index (χ2v) is 4.35. The fraction of sp³-hybridized carbons (Fsp3) is 0.909. The third-order valence-corrected chi connectivity index (χ3v) is 2.69. The predicted octanol–water partition coefficient (Wildman–Crippen LogP) is 1.21. The van der Waals surface area contributed by atoms with Crippen molar-refractivity contribution in [1.82, 2.24) is 10.6 Å². The number of hydrogen-bond acceptors (Lipinski definition) is 3. The molecule has 1 atom stereocenters. The molecule has 0 aromatic rings. The van der Waals surface area contributed by atoms with Gasteiger partial charge >= 0.3 is 6.18 Å². The Labute approximate surface area is 104 Å². The van der Waals surface area contributed by atoms with E-state index in [2.05, 4.69) is 5.32 Å². The molecule has 1 aliphatic heterocycles. The van der Waals surface area contributed by atoms with Gasteiger partial charge < -0.3 is 15.4 Å². The quantitative estimate of drug-likeness (QED) is 0.712. The molecular formula is C11H19F3N2O2. The summed E-state index contributed by atoms with van der Waals surface area (Å²) in [6.45, 7) is -0.0249. The molecule has 1 rings (SSSR count). The first-order valence-corrected chi connectivity index (χ1v) is 6.13. The third-order valence-electron chi connectivity index (χ3n) is 2.69. The van der Waals surface area contributed by atoms with Crippen LogP contribution in [0.2, 0.25) is 0 Å². The maximum atomic E-state index is 11.8. The molecule has 0 aromatic heterocycles. The molecule has 0 aliphatic carbocycles. The van der Waals surface area contributed by atoms with E-state index in [4.69, 9.17) is 4.74 Å². The first kappa shape index (κ1) is 15.2. The first-order valence-electron chi connectivity index (χ1n) is 6.13. The van der Waals surface area contributed by atoms with Crippen LogP contribution in [0, 0.1) is 0 Å². The Morgan fingerprint density at radius 2 is 2.11 bits per heavy atom. The van der Waals surface area contributed by atoms with Gasteiger partial charge in [0, 0.05) is 6.61 Å².